The SMILES string of the molecule is O=c1n(Cc2ccc(F)cc2Br)nc2ccccn12. The van der Waals surface area contributed by atoms with Gasteiger partial charge >= 0.3 is 5.69 Å². The topological polar surface area (TPSA) is 39.3 Å². The highest BCUT2D eigenvalue weighted by molar-refractivity contribution is 9.10. The van der Waals surface area contributed by atoms with Crippen molar-refractivity contribution >= 4 is 21.6 Å². The van der Waals surface area contributed by atoms with Gasteiger partial charge in [0.2, 0.25) is 0 Å². The first-order chi connectivity index (χ1) is 9.15. The van der Waals surface area contributed by atoms with Gasteiger partial charge in [-0.2, -0.15) is 0 Å². The minimum absolute atomic E-state index is 0.216. The average Bonchev–Trinajstić information content (AvgIpc) is 2.70. The van der Waals surface area contributed by atoms with Crippen molar-refractivity contribution in [3.8, 4) is 0 Å². The molecule has 0 saturated heterocycles. The molecule has 0 fully saturated rings. The van der Waals surface area contributed by atoms with Crippen LogP contribution in [0.5, 0.6) is 0 Å². The van der Waals surface area contributed by atoms with E-state index in [0.717, 1.165) is 5.56 Å². The van der Waals surface area contributed by atoms with Gasteiger partial charge in [0.25, 0.3) is 0 Å². The zero-order chi connectivity index (χ0) is 13.4. The number of halogens is 2. The summed E-state index contributed by atoms with van der Waals surface area (Å²) in [7, 11) is 0. The van der Waals surface area contributed by atoms with Crippen molar-refractivity contribution in [3.63, 3.8) is 0 Å². The fraction of sp³-hybridized carbons (Fsp3) is 0.0769. The molecule has 0 atom stereocenters. The number of pyridine rings is 1. The third-order valence-electron chi connectivity index (χ3n) is 2.82. The van der Waals surface area contributed by atoms with Gasteiger partial charge in [0.1, 0.15) is 5.82 Å². The van der Waals surface area contributed by atoms with Gasteiger partial charge in [-0.3, -0.25) is 4.40 Å². The highest BCUT2D eigenvalue weighted by atomic mass is 79.9. The summed E-state index contributed by atoms with van der Waals surface area (Å²) in [5.41, 5.74) is 1.17. The van der Waals surface area contributed by atoms with Crippen LogP contribution < -0.4 is 5.69 Å². The molecule has 0 bridgehead atoms. The number of nitrogens with zero attached hydrogens (tertiary/aromatic N) is 3. The van der Waals surface area contributed by atoms with Gasteiger partial charge in [-0.1, -0.05) is 28.1 Å². The second-order valence-electron chi connectivity index (χ2n) is 4.10. The van der Waals surface area contributed by atoms with E-state index < -0.39 is 0 Å². The Morgan fingerprint density at radius 3 is 2.84 bits per heavy atom. The number of aromatic nitrogens is 3. The van der Waals surface area contributed by atoms with Crippen LogP contribution in [0.15, 0.2) is 51.9 Å². The zero-order valence-corrected chi connectivity index (χ0v) is 11.3. The lowest BCUT2D eigenvalue weighted by Gasteiger charge is -2.03. The molecule has 2 heterocycles. The summed E-state index contributed by atoms with van der Waals surface area (Å²) in [6.45, 7) is 0.293. The molecule has 0 aliphatic carbocycles. The van der Waals surface area contributed by atoms with Gasteiger partial charge in [-0.05, 0) is 29.8 Å². The van der Waals surface area contributed by atoms with Crippen molar-refractivity contribution in [2.75, 3.05) is 0 Å². The minimum Gasteiger partial charge on any atom is -0.250 e. The minimum atomic E-state index is -0.321. The van der Waals surface area contributed by atoms with Crippen LogP contribution in [0.25, 0.3) is 5.65 Å². The molecule has 2 aromatic heterocycles. The van der Waals surface area contributed by atoms with Crippen molar-refractivity contribution in [1.82, 2.24) is 14.2 Å². The van der Waals surface area contributed by atoms with Gasteiger partial charge in [0.15, 0.2) is 5.65 Å². The Hall–Kier alpha value is -1.95. The Balaban J connectivity index is 2.06. The molecule has 0 saturated carbocycles. The maximum Gasteiger partial charge on any atom is 0.350 e. The maximum absolute atomic E-state index is 13.0. The summed E-state index contributed by atoms with van der Waals surface area (Å²) in [5, 5.41) is 4.22. The standard InChI is InChI=1S/C13H9BrFN3O/c14-11-7-10(15)5-4-9(11)8-18-13(19)17-6-2-1-3-12(17)16-18/h1-7H,8H2. The molecule has 0 aliphatic heterocycles. The fourth-order valence-electron chi connectivity index (χ4n) is 1.88. The molecule has 3 aromatic rings. The van der Waals surface area contributed by atoms with E-state index in [9.17, 15) is 9.18 Å². The van der Waals surface area contributed by atoms with Crippen LogP contribution in [0.3, 0.4) is 0 Å². The largest absolute Gasteiger partial charge is 0.350 e. The second kappa shape index (κ2) is 4.62. The third kappa shape index (κ3) is 2.19. The quantitative estimate of drug-likeness (QED) is 0.727. The second-order valence-corrected chi connectivity index (χ2v) is 4.96. The van der Waals surface area contributed by atoms with E-state index >= 15 is 0 Å². The van der Waals surface area contributed by atoms with Crippen molar-refractivity contribution in [2.45, 2.75) is 6.54 Å². The Kier molecular flexibility index (Phi) is 2.94. The summed E-state index contributed by atoms with van der Waals surface area (Å²) in [6, 6.07) is 9.72. The zero-order valence-electron chi connectivity index (χ0n) is 9.75. The average molecular weight is 322 g/mol. The number of hydrogen-bond donors (Lipinski definition) is 0. The Morgan fingerprint density at radius 2 is 2.11 bits per heavy atom. The summed E-state index contributed by atoms with van der Waals surface area (Å²) in [6.07, 6.45) is 1.67. The number of rotatable bonds is 2. The fourth-order valence-corrected chi connectivity index (χ4v) is 2.36. The van der Waals surface area contributed by atoms with Crippen LogP contribution in [-0.2, 0) is 6.54 Å². The lowest BCUT2D eigenvalue weighted by atomic mass is 10.2. The van der Waals surface area contributed by atoms with Crippen LogP contribution in [0, 0.1) is 5.82 Å². The predicted octanol–water partition coefficient (Wildman–Crippen LogP) is 2.45. The van der Waals surface area contributed by atoms with E-state index in [1.165, 1.54) is 21.2 Å². The van der Waals surface area contributed by atoms with Gasteiger partial charge in [0, 0.05) is 10.7 Å². The molecule has 19 heavy (non-hydrogen) atoms. The third-order valence-corrected chi connectivity index (χ3v) is 3.56. The molecule has 0 amide bonds. The number of benzene rings is 1. The van der Waals surface area contributed by atoms with Crippen molar-refractivity contribution in [3.05, 3.63) is 68.9 Å². The molecule has 4 nitrogen and oxygen atoms in total. The van der Waals surface area contributed by atoms with Gasteiger partial charge in [-0.15, -0.1) is 5.10 Å². The van der Waals surface area contributed by atoms with E-state index in [4.69, 9.17) is 0 Å². The van der Waals surface area contributed by atoms with E-state index in [-0.39, 0.29) is 11.5 Å². The first-order valence-corrected chi connectivity index (χ1v) is 6.42. The molecule has 0 N–H and O–H groups in total. The van der Waals surface area contributed by atoms with Crippen molar-refractivity contribution in [2.24, 2.45) is 0 Å². The summed E-state index contributed by atoms with van der Waals surface area (Å²) >= 11 is 3.28. The Bertz CT molecular complexity index is 809. The molecule has 6 heteroatoms. The van der Waals surface area contributed by atoms with Crippen LogP contribution in [0.4, 0.5) is 4.39 Å². The molecular weight excluding hydrogens is 313 g/mol. The molecule has 0 spiro atoms. The highest BCUT2D eigenvalue weighted by Crippen LogP contribution is 2.18. The van der Waals surface area contributed by atoms with E-state index in [1.807, 2.05) is 6.07 Å². The molecule has 3 rings (SSSR count). The lowest BCUT2D eigenvalue weighted by Crippen LogP contribution is -2.21. The summed E-state index contributed by atoms with van der Waals surface area (Å²) in [4.78, 5) is 12.1. The molecule has 96 valence electrons. The maximum atomic E-state index is 13.0. The number of hydrogen-bond acceptors (Lipinski definition) is 2. The monoisotopic (exact) mass is 321 g/mol. The first kappa shape index (κ1) is 12.1. The smallest absolute Gasteiger partial charge is 0.250 e. The van der Waals surface area contributed by atoms with Crippen LogP contribution in [0.1, 0.15) is 5.56 Å². The molecule has 0 aliphatic rings. The van der Waals surface area contributed by atoms with Gasteiger partial charge in [-0.25, -0.2) is 13.9 Å². The first-order valence-electron chi connectivity index (χ1n) is 5.63. The lowest BCUT2D eigenvalue weighted by molar-refractivity contribution is 0.620. The van der Waals surface area contributed by atoms with Crippen LogP contribution in [0.2, 0.25) is 0 Å². The van der Waals surface area contributed by atoms with Gasteiger partial charge < -0.3 is 0 Å². The summed E-state index contributed by atoms with van der Waals surface area (Å²) < 4.78 is 16.5. The van der Waals surface area contributed by atoms with Gasteiger partial charge in [0.05, 0.1) is 6.54 Å². The molecule has 1 aromatic carbocycles. The normalized spacial score (nSPS) is 11.1. The highest BCUT2D eigenvalue weighted by Gasteiger charge is 2.08. The number of fused-ring (bicyclic) bond motifs is 1. The molecule has 0 unspecified atom stereocenters. The molecule has 0 radical (unpaired) electrons. The van der Waals surface area contributed by atoms with E-state index in [2.05, 4.69) is 21.0 Å². The molecular formula is C13H9BrFN3O. The Morgan fingerprint density at radius 1 is 1.26 bits per heavy atom. The Labute approximate surface area is 116 Å². The van der Waals surface area contributed by atoms with Crippen molar-refractivity contribution < 1.29 is 4.39 Å². The summed E-state index contributed by atoms with van der Waals surface area (Å²) in [5.74, 6) is -0.321. The van der Waals surface area contributed by atoms with Crippen LogP contribution >= 0.6 is 15.9 Å². The van der Waals surface area contributed by atoms with Crippen molar-refractivity contribution in [1.29, 1.82) is 0 Å². The van der Waals surface area contributed by atoms with E-state index in [1.54, 1.807) is 24.4 Å². The van der Waals surface area contributed by atoms with E-state index in [0.29, 0.717) is 16.7 Å². The van der Waals surface area contributed by atoms with Crippen LogP contribution in [-0.4, -0.2) is 14.2 Å². The predicted molar refractivity (Wildman–Crippen MR) is 72.7 cm³/mol.